The molecule has 126 valence electrons. The topological polar surface area (TPSA) is 58.4 Å². The Morgan fingerprint density at radius 2 is 2.09 bits per heavy atom. The molecule has 4 heteroatoms. The van der Waals surface area contributed by atoms with E-state index in [1.807, 2.05) is 19.1 Å². The summed E-state index contributed by atoms with van der Waals surface area (Å²) in [6.45, 7) is 3.77. The van der Waals surface area contributed by atoms with Crippen molar-refractivity contribution < 1.29 is 4.79 Å². The van der Waals surface area contributed by atoms with Gasteiger partial charge in [0.1, 0.15) is 6.04 Å². The molecule has 1 atom stereocenters. The average Bonchev–Trinajstić information content (AvgIpc) is 2.60. The molecule has 1 saturated carbocycles. The zero-order chi connectivity index (χ0) is 16.2. The Morgan fingerprint density at radius 3 is 2.87 bits per heavy atom. The minimum atomic E-state index is -0.139. The van der Waals surface area contributed by atoms with E-state index >= 15 is 0 Å². The first kappa shape index (κ1) is 16.2. The van der Waals surface area contributed by atoms with Crippen molar-refractivity contribution >= 4 is 17.3 Å². The number of hydrogen-bond acceptors (Lipinski definition) is 3. The highest BCUT2D eigenvalue weighted by Crippen LogP contribution is 2.32. The first-order valence-corrected chi connectivity index (χ1v) is 9.08. The minimum absolute atomic E-state index is 0.139. The molecule has 0 spiro atoms. The number of carbonyl (C=O) groups excluding carboxylic acids is 1. The molecular weight excluding hydrogens is 286 g/mol. The Bertz CT molecular complexity index is 552. The van der Waals surface area contributed by atoms with Crippen LogP contribution in [0.3, 0.4) is 0 Å². The molecule has 0 radical (unpaired) electrons. The van der Waals surface area contributed by atoms with E-state index < -0.39 is 0 Å². The number of nitrogens with one attached hydrogen (secondary N) is 1. The molecule has 1 aromatic rings. The second-order valence-electron chi connectivity index (χ2n) is 7.07. The molecule has 23 heavy (non-hydrogen) atoms. The van der Waals surface area contributed by atoms with Crippen LogP contribution < -0.4 is 16.0 Å². The number of nitrogens with two attached hydrogens (primary N) is 1. The summed E-state index contributed by atoms with van der Waals surface area (Å²) in [6.07, 6.45) is 8.57. The largest absolute Gasteiger partial charge is 0.398 e. The van der Waals surface area contributed by atoms with E-state index in [-0.39, 0.29) is 11.9 Å². The molecule has 3 rings (SSSR count). The monoisotopic (exact) mass is 315 g/mol. The number of nitrogen functional groups attached to an aromatic ring is 1. The van der Waals surface area contributed by atoms with Crippen molar-refractivity contribution in [3.63, 3.8) is 0 Å². The second-order valence-corrected chi connectivity index (χ2v) is 7.07. The quantitative estimate of drug-likeness (QED) is 0.839. The van der Waals surface area contributed by atoms with Crippen molar-refractivity contribution in [2.45, 2.75) is 57.9 Å². The fourth-order valence-electron chi connectivity index (χ4n) is 4.01. The van der Waals surface area contributed by atoms with Gasteiger partial charge in [-0.05, 0) is 56.2 Å². The number of rotatable bonds is 4. The SMILES string of the molecule is CC(C(=O)NCC1CCCCC1)N1CCCc2c(N)cccc21. The third kappa shape index (κ3) is 3.62. The predicted molar refractivity (Wildman–Crippen MR) is 95.6 cm³/mol. The molecule has 1 amide bonds. The molecule has 0 aromatic heterocycles. The van der Waals surface area contributed by atoms with Crippen LogP contribution in [0.4, 0.5) is 11.4 Å². The van der Waals surface area contributed by atoms with Gasteiger partial charge in [-0.2, -0.15) is 0 Å². The lowest BCUT2D eigenvalue weighted by atomic mass is 9.89. The Morgan fingerprint density at radius 1 is 1.30 bits per heavy atom. The van der Waals surface area contributed by atoms with Gasteiger partial charge in [0.15, 0.2) is 0 Å². The van der Waals surface area contributed by atoms with Gasteiger partial charge in [-0.15, -0.1) is 0 Å². The van der Waals surface area contributed by atoms with Crippen molar-refractivity contribution in [3.8, 4) is 0 Å². The summed E-state index contributed by atoms with van der Waals surface area (Å²) in [6, 6.07) is 5.89. The number of fused-ring (bicyclic) bond motifs is 1. The van der Waals surface area contributed by atoms with Crippen LogP contribution in [-0.4, -0.2) is 25.0 Å². The van der Waals surface area contributed by atoms with E-state index in [4.69, 9.17) is 5.73 Å². The number of anilines is 2. The van der Waals surface area contributed by atoms with Crippen LogP contribution in [0, 0.1) is 5.92 Å². The van der Waals surface area contributed by atoms with Crippen LogP contribution in [0.1, 0.15) is 51.0 Å². The molecule has 1 heterocycles. The van der Waals surface area contributed by atoms with Crippen molar-refractivity contribution in [1.29, 1.82) is 0 Å². The normalized spacial score (nSPS) is 20.0. The highest BCUT2D eigenvalue weighted by molar-refractivity contribution is 5.86. The van der Waals surface area contributed by atoms with E-state index in [0.29, 0.717) is 5.92 Å². The molecule has 0 saturated heterocycles. The van der Waals surface area contributed by atoms with E-state index in [9.17, 15) is 4.79 Å². The van der Waals surface area contributed by atoms with E-state index in [0.717, 1.165) is 37.3 Å². The first-order chi connectivity index (χ1) is 11.2. The molecule has 4 nitrogen and oxygen atoms in total. The van der Waals surface area contributed by atoms with E-state index in [1.165, 1.54) is 37.7 Å². The summed E-state index contributed by atoms with van der Waals surface area (Å²) >= 11 is 0. The third-order valence-corrected chi connectivity index (χ3v) is 5.46. The molecule has 0 bridgehead atoms. The Kier molecular flexibility index (Phi) is 5.09. The van der Waals surface area contributed by atoms with Crippen molar-refractivity contribution in [3.05, 3.63) is 23.8 Å². The Hall–Kier alpha value is -1.71. The number of benzene rings is 1. The zero-order valence-corrected chi connectivity index (χ0v) is 14.2. The highest BCUT2D eigenvalue weighted by atomic mass is 16.2. The molecule has 1 aromatic carbocycles. The maximum absolute atomic E-state index is 12.6. The van der Waals surface area contributed by atoms with Gasteiger partial charge < -0.3 is 16.0 Å². The Balaban J connectivity index is 1.63. The van der Waals surface area contributed by atoms with Crippen molar-refractivity contribution in [2.24, 2.45) is 5.92 Å². The maximum atomic E-state index is 12.6. The standard InChI is InChI=1S/C19H29N3O/c1-14(19(23)21-13-15-7-3-2-4-8-15)22-12-6-9-16-17(20)10-5-11-18(16)22/h5,10-11,14-15H,2-4,6-9,12-13,20H2,1H3,(H,21,23). The summed E-state index contributed by atoms with van der Waals surface area (Å²) in [7, 11) is 0. The fourth-order valence-corrected chi connectivity index (χ4v) is 4.01. The van der Waals surface area contributed by atoms with Crippen LogP contribution in [0.2, 0.25) is 0 Å². The van der Waals surface area contributed by atoms with Gasteiger partial charge in [0.05, 0.1) is 0 Å². The summed E-state index contributed by atoms with van der Waals surface area (Å²) in [5.74, 6) is 0.815. The lowest BCUT2D eigenvalue weighted by Crippen LogP contribution is -2.48. The van der Waals surface area contributed by atoms with Gasteiger partial charge in [0.25, 0.3) is 0 Å². The first-order valence-electron chi connectivity index (χ1n) is 9.08. The van der Waals surface area contributed by atoms with Crippen LogP contribution in [0.15, 0.2) is 18.2 Å². The molecule has 1 fully saturated rings. The molecule has 1 unspecified atom stereocenters. The lowest BCUT2D eigenvalue weighted by Gasteiger charge is -2.36. The molecule has 1 aliphatic carbocycles. The molecule has 3 N–H and O–H groups in total. The van der Waals surface area contributed by atoms with Crippen LogP contribution in [0.5, 0.6) is 0 Å². The molecule has 1 aliphatic heterocycles. The van der Waals surface area contributed by atoms with Gasteiger partial charge in [-0.1, -0.05) is 25.3 Å². The average molecular weight is 315 g/mol. The summed E-state index contributed by atoms with van der Waals surface area (Å²) in [4.78, 5) is 14.8. The number of nitrogens with zero attached hydrogens (tertiary/aromatic N) is 1. The van der Waals surface area contributed by atoms with Crippen LogP contribution in [-0.2, 0) is 11.2 Å². The van der Waals surface area contributed by atoms with Crippen molar-refractivity contribution in [2.75, 3.05) is 23.7 Å². The molecular formula is C19H29N3O. The van der Waals surface area contributed by atoms with Crippen molar-refractivity contribution in [1.82, 2.24) is 5.32 Å². The van der Waals surface area contributed by atoms with E-state index in [2.05, 4.69) is 16.3 Å². The third-order valence-electron chi connectivity index (χ3n) is 5.46. The summed E-state index contributed by atoms with van der Waals surface area (Å²) in [5, 5.41) is 3.18. The summed E-state index contributed by atoms with van der Waals surface area (Å²) < 4.78 is 0. The zero-order valence-electron chi connectivity index (χ0n) is 14.2. The number of amides is 1. The highest BCUT2D eigenvalue weighted by Gasteiger charge is 2.27. The van der Waals surface area contributed by atoms with Crippen LogP contribution in [0.25, 0.3) is 0 Å². The van der Waals surface area contributed by atoms with Crippen LogP contribution >= 0.6 is 0 Å². The fraction of sp³-hybridized carbons (Fsp3) is 0.632. The lowest BCUT2D eigenvalue weighted by molar-refractivity contribution is -0.122. The number of carbonyl (C=O) groups is 1. The van der Waals surface area contributed by atoms with Gasteiger partial charge >= 0.3 is 0 Å². The summed E-state index contributed by atoms with van der Waals surface area (Å²) in [5.41, 5.74) is 9.29. The second kappa shape index (κ2) is 7.24. The number of hydrogen-bond donors (Lipinski definition) is 2. The van der Waals surface area contributed by atoms with Gasteiger partial charge in [0, 0.05) is 24.5 Å². The van der Waals surface area contributed by atoms with E-state index in [1.54, 1.807) is 0 Å². The smallest absolute Gasteiger partial charge is 0.242 e. The van der Waals surface area contributed by atoms with Gasteiger partial charge in [0.2, 0.25) is 5.91 Å². The van der Waals surface area contributed by atoms with Gasteiger partial charge in [-0.3, -0.25) is 4.79 Å². The minimum Gasteiger partial charge on any atom is -0.398 e. The Labute approximate surface area is 139 Å². The van der Waals surface area contributed by atoms with Gasteiger partial charge in [-0.25, -0.2) is 0 Å². The molecule has 2 aliphatic rings. The maximum Gasteiger partial charge on any atom is 0.242 e. The predicted octanol–water partition coefficient (Wildman–Crippen LogP) is 3.11.